The zero-order valence-corrected chi connectivity index (χ0v) is 22.5. The van der Waals surface area contributed by atoms with Gasteiger partial charge in [0.2, 0.25) is 5.91 Å². The molecular formula is C31H38N2O2S. The van der Waals surface area contributed by atoms with Crippen LogP contribution in [-0.2, 0) is 16.1 Å². The van der Waals surface area contributed by atoms with E-state index >= 15 is 0 Å². The summed E-state index contributed by atoms with van der Waals surface area (Å²) in [5, 5.41) is 0.325. The van der Waals surface area contributed by atoms with Crippen molar-refractivity contribution in [3.8, 4) is 0 Å². The second-order valence-corrected chi connectivity index (χ2v) is 12.5. The van der Waals surface area contributed by atoms with Crippen LogP contribution in [0.1, 0.15) is 56.2 Å². The van der Waals surface area contributed by atoms with Gasteiger partial charge < -0.3 is 9.80 Å². The molecule has 1 aliphatic carbocycles. The minimum Gasteiger partial charge on any atom is -0.342 e. The van der Waals surface area contributed by atoms with E-state index in [2.05, 4.69) is 54.8 Å². The molecule has 0 N–H and O–H groups in total. The molecule has 190 valence electrons. The Hall–Kier alpha value is -2.53. The van der Waals surface area contributed by atoms with Crippen molar-refractivity contribution in [2.24, 2.45) is 17.8 Å². The standard InChI is InChI=1S/C31H38N2O2S/c1-21-8-7-11-25(15-21)20-33-27-17-26(30(34)32-18-22(2)14-23(3)19-32)12-13-28(27)36-29(31(33)35)16-24-9-5-4-6-10-24/h4-11,15-16,22-23,26-28H,12-14,17-20H2,1-3H3/b29-16+. The fraction of sp³-hybridized carbons (Fsp3) is 0.484. The topological polar surface area (TPSA) is 40.6 Å². The van der Waals surface area contributed by atoms with Crippen molar-refractivity contribution in [2.75, 3.05) is 13.1 Å². The lowest BCUT2D eigenvalue weighted by Gasteiger charge is -2.47. The Labute approximate surface area is 220 Å². The van der Waals surface area contributed by atoms with Gasteiger partial charge in [-0.2, -0.15) is 0 Å². The molecular weight excluding hydrogens is 464 g/mol. The van der Waals surface area contributed by atoms with E-state index in [1.54, 1.807) is 11.8 Å². The van der Waals surface area contributed by atoms with Crippen LogP contribution in [0.3, 0.4) is 0 Å². The average Bonchev–Trinajstić information content (AvgIpc) is 2.86. The summed E-state index contributed by atoms with van der Waals surface area (Å²) in [7, 11) is 0. The third-order valence-corrected chi connectivity index (χ3v) is 9.37. The highest BCUT2D eigenvalue weighted by Gasteiger charge is 2.45. The van der Waals surface area contributed by atoms with E-state index in [4.69, 9.17) is 0 Å². The number of likely N-dealkylation sites (tertiary alicyclic amines) is 1. The molecule has 2 saturated heterocycles. The quantitative estimate of drug-likeness (QED) is 0.471. The Morgan fingerprint density at radius 1 is 1.00 bits per heavy atom. The molecule has 1 saturated carbocycles. The number of thioether (sulfide) groups is 1. The fourth-order valence-electron chi connectivity index (χ4n) is 6.41. The number of nitrogens with zero attached hydrogens (tertiary/aromatic N) is 2. The summed E-state index contributed by atoms with van der Waals surface area (Å²) in [6.07, 6.45) is 5.89. The Balaban J connectivity index is 1.40. The van der Waals surface area contributed by atoms with Gasteiger partial charge in [-0.1, -0.05) is 74.0 Å². The van der Waals surface area contributed by atoms with Gasteiger partial charge in [-0.05, 0) is 61.6 Å². The van der Waals surface area contributed by atoms with Gasteiger partial charge in [0.1, 0.15) is 0 Å². The lowest BCUT2D eigenvalue weighted by atomic mass is 9.82. The monoisotopic (exact) mass is 502 g/mol. The molecule has 0 spiro atoms. The smallest absolute Gasteiger partial charge is 0.260 e. The highest BCUT2D eigenvalue weighted by atomic mass is 32.2. The van der Waals surface area contributed by atoms with Crippen molar-refractivity contribution < 1.29 is 9.59 Å². The van der Waals surface area contributed by atoms with Gasteiger partial charge in [-0.3, -0.25) is 9.59 Å². The first-order chi connectivity index (χ1) is 17.4. The van der Waals surface area contributed by atoms with Crippen molar-refractivity contribution in [3.63, 3.8) is 0 Å². The number of rotatable bonds is 4. The molecule has 2 aliphatic heterocycles. The van der Waals surface area contributed by atoms with Crippen molar-refractivity contribution >= 4 is 29.7 Å². The normalized spacial score (nSPS) is 29.8. The number of hydrogen-bond acceptors (Lipinski definition) is 3. The van der Waals surface area contributed by atoms with Crippen molar-refractivity contribution in [1.82, 2.24) is 9.80 Å². The first kappa shape index (κ1) is 25.1. The molecule has 4 nitrogen and oxygen atoms in total. The number of hydrogen-bond donors (Lipinski definition) is 0. The van der Waals surface area contributed by atoms with Crippen LogP contribution in [0.25, 0.3) is 6.08 Å². The summed E-state index contributed by atoms with van der Waals surface area (Å²) in [6.45, 7) is 8.95. The van der Waals surface area contributed by atoms with Crippen molar-refractivity contribution in [1.29, 1.82) is 0 Å². The van der Waals surface area contributed by atoms with Gasteiger partial charge in [0.05, 0.1) is 4.91 Å². The molecule has 5 unspecified atom stereocenters. The summed E-state index contributed by atoms with van der Waals surface area (Å²) >= 11 is 1.73. The second kappa shape index (κ2) is 10.8. The molecule has 2 aromatic rings. The first-order valence-electron chi connectivity index (χ1n) is 13.5. The second-order valence-electron chi connectivity index (χ2n) is 11.3. The maximum absolute atomic E-state index is 13.9. The molecule has 5 rings (SSSR count). The fourth-order valence-corrected chi connectivity index (χ4v) is 7.83. The van der Waals surface area contributed by atoms with Crippen LogP contribution < -0.4 is 0 Å². The van der Waals surface area contributed by atoms with Gasteiger partial charge in [-0.25, -0.2) is 0 Å². The van der Waals surface area contributed by atoms with Crippen molar-refractivity contribution in [3.05, 3.63) is 76.2 Å². The van der Waals surface area contributed by atoms with Crippen LogP contribution in [-0.4, -0.2) is 46.0 Å². The maximum atomic E-state index is 13.9. The van der Waals surface area contributed by atoms with Crippen LogP contribution >= 0.6 is 11.8 Å². The van der Waals surface area contributed by atoms with Crippen LogP contribution in [0.2, 0.25) is 0 Å². The molecule has 5 atom stereocenters. The molecule has 0 aromatic heterocycles. The molecule has 2 aromatic carbocycles. The summed E-state index contributed by atoms with van der Waals surface area (Å²) in [4.78, 5) is 32.5. The summed E-state index contributed by atoms with van der Waals surface area (Å²) in [6, 6.07) is 18.6. The van der Waals surface area contributed by atoms with E-state index in [0.717, 1.165) is 48.4 Å². The minimum atomic E-state index is 0.0109. The molecule has 2 amide bonds. The Kier molecular flexibility index (Phi) is 7.57. The highest BCUT2D eigenvalue weighted by molar-refractivity contribution is 8.04. The number of carbonyl (C=O) groups is 2. The molecule has 3 aliphatic rings. The largest absolute Gasteiger partial charge is 0.342 e. The van der Waals surface area contributed by atoms with Crippen LogP contribution in [0.5, 0.6) is 0 Å². The predicted octanol–water partition coefficient (Wildman–Crippen LogP) is 6.15. The third kappa shape index (κ3) is 5.56. The van der Waals surface area contributed by atoms with Crippen molar-refractivity contribution in [2.45, 2.75) is 64.3 Å². The van der Waals surface area contributed by atoms with Crippen LogP contribution in [0, 0.1) is 24.7 Å². The molecule has 0 bridgehead atoms. The predicted molar refractivity (Wildman–Crippen MR) is 148 cm³/mol. The van der Waals surface area contributed by atoms with E-state index in [0.29, 0.717) is 29.5 Å². The van der Waals surface area contributed by atoms with Crippen LogP contribution in [0.4, 0.5) is 0 Å². The van der Waals surface area contributed by atoms with Gasteiger partial charge in [0.25, 0.3) is 5.91 Å². The van der Waals surface area contributed by atoms with E-state index in [1.165, 1.54) is 12.0 Å². The Bertz CT molecular complexity index is 1120. The number of amides is 2. The number of carbonyl (C=O) groups excluding carboxylic acids is 2. The molecule has 2 heterocycles. The summed E-state index contributed by atoms with van der Waals surface area (Å²) in [5.41, 5.74) is 3.41. The minimum absolute atomic E-state index is 0.0109. The number of benzene rings is 2. The zero-order valence-electron chi connectivity index (χ0n) is 21.7. The highest BCUT2D eigenvalue weighted by Crippen LogP contribution is 2.45. The SMILES string of the molecule is Cc1cccc(CN2C(=O)/C(=C\c3ccccc3)SC3CCC(C(=O)N4CC(C)CC(C)C4)CC32)c1. The number of piperidine rings is 1. The molecule has 3 fully saturated rings. The van der Waals surface area contributed by atoms with E-state index in [1.807, 2.05) is 36.4 Å². The lowest BCUT2D eigenvalue weighted by Crippen LogP contribution is -2.54. The molecule has 0 radical (unpaired) electrons. The van der Waals surface area contributed by atoms with Gasteiger partial charge in [0.15, 0.2) is 0 Å². The van der Waals surface area contributed by atoms with Crippen LogP contribution in [0.15, 0.2) is 59.5 Å². The summed E-state index contributed by atoms with van der Waals surface area (Å²) < 4.78 is 0. The first-order valence-corrected chi connectivity index (χ1v) is 14.3. The summed E-state index contributed by atoms with van der Waals surface area (Å²) in [5.74, 6) is 1.54. The maximum Gasteiger partial charge on any atom is 0.260 e. The zero-order chi connectivity index (χ0) is 25.2. The number of aryl methyl sites for hydroxylation is 1. The van der Waals surface area contributed by atoms with E-state index < -0.39 is 0 Å². The van der Waals surface area contributed by atoms with Gasteiger partial charge >= 0.3 is 0 Å². The third-order valence-electron chi connectivity index (χ3n) is 7.97. The number of fused-ring (bicyclic) bond motifs is 1. The van der Waals surface area contributed by atoms with E-state index in [-0.39, 0.29) is 17.9 Å². The van der Waals surface area contributed by atoms with E-state index in [9.17, 15) is 9.59 Å². The Morgan fingerprint density at radius 2 is 1.75 bits per heavy atom. The van der Waals surface area contributed by atoms with Gasteiger partial charge in [-0.15, -0.1) is 11.8 Å². The lowest BCUT2D eigenvalue weighted by molar-refractivity contribution is -0.142. The average molecular weight is 503 g/mol. The molecule has 5 heteroatoms. The Morgan fingerprint density at radius 3 is 2.47 bits per heavy atom. The molecule has 36 heavy (non-hydrogen) atoms. The van der Waals surface area contributed by atoms with Gasteiger partial charge in [0, 0.05) is 36.8 Å².